The molecule has 0 fully saturated rings. The number of carbonyl (C=O) groups is 1. The van der Waals surface area contributed by atoms with Crippen molar-refractivity contribution < 1.29 is 9.21 Å². The van der Waals surface area contributed by atoms with Crippen molar-refractivity contribution in [3.63, 3.8) is 0 Å². The van der Waals surface area contributed by atoms with E-state index in [1.807, 2.05) is 24.3 Å². The number of halogens is 1. The van der Waals surface area contributed by atoms with Crippen LogP contribution in [0.1, 0.15) is 10.5 Å². The van der Waals surface area contributed by atoms with Crippen LogP contribution in [0.5, 0.6) is 0 Å². The van der Waals surface area contributed by atoms with E-state index in [1.54, 1.807) is 0 Å². The summed E-state index contributed by atoms with van der Waals surface area (Å²) in [7, 11) is 0. The molecule has 0 unspecified atom stereocenters. The highest BCUT2D eigenvalue weighted by atomic mass is 79.9. The smallest absolute Gasteiger partial charge is 0.226 e. The lowest BCUT2D eigenvalue weighted by Crippen LogP contribution is -1.80. The van der Waals surface area contributed by atoms with Crippen LogP contribution in [0.2, 0.25) is 0 Å². The molecule has 0 aliphatic carbocycles. The molecule has 0 aliphatic rings. The number of hydrogen-bond acceptors (Lipinski definition) is 3. The number of hydrogen-bond donors (Lipinski definition) is 0. The van der Waals surface area contributed by atoms with Gasteiger partial charge in [0.1, 0.15) is 12.0 Å². The molecule has 14 heavy (non-hydrogen) atoms. The summed E-state index contributed by atoms with van der Waals surface area (Å²) in [6.07, 6.45) is 2.00. The number of nitrogens with zero attached hydrogens (tertiary/aromatic N) is 1. The minimum atomic E-state index is 0.308. The van der Waals surface area contributed by atoms with Gasteiger partial charge in [-0.05, 0) is 24.3 Å². The fraction of sp³-hybridized carbons (Fsp3) is 0. The van der Waals surface area contributed by atoms with Crippen molar-refractivity contribution in [1.29, 1.82) is 0 Å². The third-order valence-corrected chi connectivity index (χ3v) is 2.26. The SMILES string of the molecule is O=Cc1coc(-c2ccc(Br)cc2)n1. The maximum Gasteiger partial charge on any atom is 0.226 e. The molecular formula is C10H6BrNO2. The molecule has 1 aromatic heterocycles. The molecule has 0 atom stereocenters. The third kappa shape index (κ3) is 1.75. The van der Waals surface area contributed by atoms with Gasteiger partial charge in [-0.25, -0.2) is 4.98 Å². The summed E-state index contributed by atoms with van der Waals surface area (Å²) in [6, 6.07) is 7.51. The summed E-state index contributed by atoms with van der Waals surface area (Å²) in [5.74, 6) is 0.458. The second-order valence-corrected chi connectivity index (χ2v) is 3.62. The standard InChI is InChI=1S/C10H6BrNO2/c11-8-3-1-7(2-4-8)10-12-9(5-13)6-14-10/h1-6H. The van der Waals surface area contributed by atoms with Gasteiger partial charge in [0.2, 0.25) is 5.89 Å². The Bertz CT molecular complexity index is 447. The van der Waals surface area contributed by atoms with Crippen molar-refractivity contribution in [3.8, 4) is 11.5 Å². The lowest BCUT2D eigenvalue weighted by atomic mass is 10.2. The second-order valence-electron chi connectivity index (χ2n) is 2.70. The van der Waals surface area contributed by atoms with Crippen LogP contribution in [0, 0.1) is 0 Å². The Hall–Kier alpha value is -1.42. The minimum Gasteiger partial charge on any atom is -0.444 e. The zero-order valence-corrected chi connectivity index (χ0v) is 8.69. The Balaban J connectivity index is 2.39. The number of oxazole rings is 1. The van der Waals surface area contributed by atoms with Gasteiger partial charge in [0.15, 0.2) is 6.29 Å². The van der Waals surface area contributed by atoms with Crippen LogP contribution in [-0.2, 0) is 0 Å². The predicted molar refractivity (Wildman–Crippen MR) is 55.0 cm³/mol. The fourth-order valence-corrected chi connectivity index (χ4v) is 1.33. The molecule has 0 bridgehead atoms. The zero-order valence-electron chi connectivity index (χ0n) is 7.11. The zero-order chi connectivity index (χ0) is 9.97. The van der Waals surface area contributed by atoms with Gasteiger partial charge in [0.25, 0.3) is 0 Å². The van der Waals surface area contributed by atoms with Gasteiger partial charge in [-0.1, -0.05) is 15.9 Å². The predicted octanol–water partition coefficient (Wildman–Crippen LogP) is 2.92. The molecule has 3 nitrogen and oxygen atoms in total. The largest absolute Gasteiger partial charge is 0.444 e. The maximum atomic E-state index is 10.4. The molecule has 2 rings (SSSR count). The normalized spacial score (nSPS) is 10.1. The van der Waals surface area contributed by atoms with Gasteiger partial charge in [-0.15, -0.1) is 0 Å². The monoisotopic (exact) mass is 251 g/mol. The van der Waals surface area contributed by atoms with Crippen molar-refractivity contribution in [2.24, 2.45) is 0 Å². The molecule has 2 aromatic rings. The molecule has 0 saturated heterocycles. The third-order valence-electron chi connectivity index (χ3n) is 1.73. The average Bonchev–Trinajstić information content (AvgIpc) is 2.67. The lowest BCUT2D eigenvalue weighted by Gasteiger charge is -1.94. The highest BCUT2D eigenvalue weighted by Gasteiger charge is 2.04. The van der Waals surface area contributed by atoms with Crippen molar-refractivity contribution in [2.45, 2.75) is 0 Å². The summed E-state index contributed by atoms with van der Waals surface area (Å²) >= 11 is 3.33. The molecule has 1 aromatic carbocycles. The highest BCUT2D eigenvalue weighted by Crippen LogP contribution is 2.20. The van der Waals surface area contributed by atoms with Crippen LogP contribution in [-0.4, -0.2) is 11.3 Å². The van der Waals surface area contributed by atoms with E-state index < -0.39 is 0 Å². The van der Waals surface area contributed by atoms with E-state index in [0.717, 1.165) is 10.0 Å². The second kappa shape index (κ2) is 3.75. The summed E-state index contributed by atoms with van der Waals surface area (Å²) < 4.78 is 6.11. The maximum absolute atomic E-state index is 10.4. The molecule has 1 heterocycles. The Morgan fingerprint density at radius 2 is 2.00 bits per heavy atom. The molecule has 4 heteroatoms. The average molecular weight is 252 g/mol. The first kappa shape index (κ1) is 9.15. The molecule has 70 valence electrons. The topological polar surface area (TPSA) is 43.1 Å². The van der Waals surface area contributed by atoms with Crippen molar-refractivity contribution in [3.05, 3.63) is 40.7 Å². The molecule has 0 aliphatic heterocycles. The number of carbonyl (C=O) groups excluding carboxylic acids is 1. The van der Waals surface area contributed by atoms with Gasteiger partial charge in [0, 0.05) is 10.0 Å². The Morgan fingerprint density at radius 1 is 1.29 bits per heavy atom. The van der Waals surface area contributed by atoms with E-state index in [4.69, 9.17) is 4.42 Å². The van der Waals surface area contributed by atoms with Gasteiger partial charge in [-0.2, -0.15) is 0 Å². The van der Waals surface area contributed by atoms with Crippen molar-refractivity contribution in [1.82, 2.24) is 4.98 Å². The Labute approximate surface area is 88.9 Å². The molecule has 0 saturated carbocycles. The van der Waals surface area contributed by atoms with Crippen LogP contribution in [0.3, 0.4) is 0 Å². The quantitative estimate of drug-likeness (QED) is 0.771. The van der Waals surface area contributed by atoms with Gasteiger partial charge < -0.3 is 4.42 Å². The molecule has 0 radical (unpaired) electrons. The van der Waals surface area contributed by atoms with E-state index in [0.29, 0.717) is 17.9 Å². The van der Waals surface area contributed by atoms with Crippen LogP contribution in [0.15, 0.2) is 39.4 Å². The summed E-state index contributed by atoms with van der Waals surface area (Å²) in [6.45, 7) is 0. The molecule has 0 amide bonds. The van der Waals surface area contributed by atoms with E-state index >= 15 is 0 Å². The first-order valence-corrected chi connectivity index (χ1v) is 4.75. The number of rotatable bonds is 2. The first-order valence-electron chi connectivity index (χ1n) is 3.96. The van der Waals surface area contributed by atoms with E-state index in [1.165, 1.54) is 6.26 Å². The Kier molecular flexibility index (Phi) is 2.45. The van der Waals surface area contributed by atoms with Crippen LogP contribution >= 0.6 is 15.9 Å². The molecular weight excluding hydrogens is 246 g/mol. The van der Waals surface area contributed by atoms with Gasteiger partial charge in [-0.3, -0.25) is 4.79 Å². The van der Waals surface area contributed by atoms with Crippen molar-refractivity contribution >= 4 is 22.2 Å². The van der Waals surface area contributed by atoms with Gasteiger partial charge >= 0.3 is 0 Å². The van der Waals surface area contributed by atoms with E-state index in [-0.39, 0.29) is 0 Å². The molecule has 0 N–H and O–H groups in total. The van der Waals surface area contributed by atoms with Crippen LogP contribution < -0.4 is 0 Å². The fourth-order valence-electron chi connectivity index (χ4n) is 1.07. The Morgan fingerprint density at radius 3 is 2.57 bits per heavy atom. The van der Waals surface area contributed by atoms with Crippen LogP contribution in [0.25, 0.3) is 11.5 Å². The van der Waals surface area contributed by atoms with E-state index in [2.05, 4.69) is 20.9 Å². The summed E-state index contributed by atoms with van der Waals surface area (Å²) in [4.78, 5) is 14.4. The summed E-state index contributed by atoms with van der Waals surface area (Å²) in [5, 5.41) is 0. The highest BCUT2D eigenvalue weighted by molar-refractivity contribution is 9.10. The van der Waals surface area contributed by atoms with Crippen molar-refractivity contribution in [2.75, 3.05) is 0 Å². The van der Waals surface area contributed by atoms with Crippen LogP contribution in [0.4, 0.5) is 0 Å². The number of benzene rings is 1. The minimum absolute atomic E-state index is 0.308. The number of aldehydes is 1. The molecule has 0 spiro atoms. The van der Waals surface area contributed by atoms with Gasteiger partial charge in [0.05, 0.1) is 0 Å². The summed E-state index contributed by atoms with van der Waals surface area (Å²) in [5.41, 5.74) is 1.16. The number of aromatic nitrogens is 1. The van der Waals surface area contributed by atoms with E-state index in [9.17, 15) is 4.79 Å². The lowest BCUT2D eigenvalue weighted by molar-refractivity contribution is 0.111. The first-order chi connectivity index (χ1) is 6.79.